The van der Waals surface area contributed by atoms with Gasteiger partial charge < -0.3 is 24.3 Å². The second kappa shape index (κ2) is 9.32. The van der Waals surface area contributed by atoms with Gasteiger partial charge in [-0.3, -0.25) is 0 Å². The Kier molecular flexibility index (Phi) is 6.15. The fourth-order valence-corrected chi connectivity index (χ4v) is 3.27. The first-order valence-electron chi connectivity index (χ1n) is 9.93. The van der Waals surface area contributed by atoms with Crippen molar-refractivity contribution in [2.75, 3.05) is 19.8 Å². The van der Waals surface area contributed by atoms with Gasteiger partial charge in [-0.05, 0) is 49.2 Å². The van der Waals surface area contributed by atoms with Crippen LogP contribution in [0.25, 0.3) is 16.6 Å². The van der Waals surface area contributed by atoms with Gasteiger partial charge in [0.2, 0.25) is 0 Å². The van der Waals surface area contributed by atoms with E-state index < -0.39 is 12.6 Å². The minimum atomic E-state index is -0.626. The van der Waals surface area contributed by atoms with Crippen LogP contribution in [0.1, 0.15) is 29.0 Å². The molecule has 3 aromatic rings. The van der Waals surface area contributed by atoms with Gasteiger partial charge in [0, 0.05) is 6.61 Å². The Hall–Kier alpha value is -3.83. The second-order valence-corrected chi connectivity index (χ2v) is 7.08. The third kappa shape index (κ3) is 4.85. The lowest BCUT2D eigenvalue weighted by atomic mass is 10.2. The van der Waals surface area contributed by atoms with Crippen LogP contribution in [0.5, 0.6) is 5.75 Å². The molecule has 2 heterocycles. The normalized spacial score (nSPS) is 16.5. The number of carbonyl (C=O) groups is 1. The number of allylic oxidation sites excluding steroid dienone is 1. The number of rotatable bonds is 7. The molecule has 1 unspecified atom stereocenters. The van der Waals surface area contributed by atoms with Crippen LogP contribution in [-0.4, -0.2) is 47.0 Å². The van der Waals surface area contributed by atoms with Gasteiger partial charge in [0.1, 0.15) is 30.6 Å². The maximum absolute atomic E-state index is 12.3. The molecule has 1 aliphatic rings. The number of aliphatic hydroxyl groups excluding tert-OH is 1. The number of carbonyl (C=O) groups excluding carboxylic acids is 1. The standard InChI is InChI=1S/C23H21N3O5/c24-12-18(22-25-19-5-1-2-6-20(19)26-22)21(27)14-31-23(28)15-7-9-16(10-8-15)30-13-17-4-3-11-29-17/h1-2,5-10,17,27H,3-4,11,13-14H2,(H,25,26)/b21-18+. The average molecular weight is 419 g/mol. The van der Waals surface area contributed by atoms with Crippen LogP contribution >= 0.6 is 0 Å². The Balaban J connectivity index is 1.37. The molecular weight excluding hydrogens is 398 g/mol. The minimum absolute atomic E-state index is 0.0816. The largest absolute Gasteiger partial charge is 0.507 e. The Morgan fingerprint density at radius 1 is 1.26 bits per heavy atom. The number of nitriles is 1. The number of aromatic amines is 1. The number of hydrogen-bond acceptors (Lipinski definition) is 7. The fourth-order valence-electron chi connectivity index (χ4n) is 3.27. The van der Waals surface area contributed by atoms with E-state index in [2.05, 4.69) is 9.97 Å². The number of nitrogens with zero attached hydrogens (tertiary/aromatic N) is 2. The summed E-state index contributed by atoms with van der Waals surface area (Å²) >= 11 is 0. The number of ether oxygens (including phenoxy) is 3. The van der Waals surface area contributed by atoms with E-state index in [0.717, 1.165) is 25.0 Å². The highest BCUT2D eigenvalue weighted by Gasteiger charge is 2.17. The predicted octanol–water partition coefficient (Wildman–Crippen LogP) is 3.77. The van der Waals surface area contributed by atoms with Crippen LogP contribution in [0.4, 0.5) is 0 Å². The number of hydrogen-bond donors (Lipinski definition) is 2. The number of esters is 1. The molecule has 4 rings (SSSR count). The zero-order valence-corrected chi connectivity index (χ0v) is 16.7. The van der Waals surface area contributed by atoms with Crippen molar-refractivity contribution in [2.24, 2.45) is 0 Å². The van der Waals surface area contributed by atoms with Crippen molar-refractivity contribution in [3.8, 4) is 11.8 Å². The molecular formula is C23H21N3O5. The first kappa shape index (κ1) is 20.4. The maximum Gasteiger partial charge on any atom is 0.338 e. The maximum atomic E-state index is 12.3. The van der Waals surface area contributed by atoms with E-state index in [1.54, 1.807) is 30.3 Å². The van der Waals surface area contributed by atoms with E-state index in [9.17, 15) is 15.2 Å². The summed E-state index contributed by atoms with van der Waals surface area (Å²) in [6, 6.07) is 15.7. The van der Waals surface area contributed by atoms with Crippen LogP contribution in [0, 0.1) is 11.3 Å². The number of fused-ring (bicyclic) bond motifs is 1. The van der Waals surface area contributed by atoms with Crippen LogP contribution in [0.2, 0.25) is 0 Å². The third-order valence-corrected chi connectivity index (χ3v) is 4.92. The molecule has 1 aliphatic heterocycles. The summed E-state index contributed by atoms with van der Waals surface area (Å²) in [7, 11) is 0. The van der Waals surface area contributed by atoms with Crippen molar-refractivity contribution in [1.29, 1.82) is 5.26 Å². The van der Waals surface area contributed by atoms with Crippen molar-refractivity contribution in [2.45, 2.75) is 18.9 Å². The molecule has 2 N–H and O–H groups in total. The number of nitrogens with one attached hydrogen (secondary N) is 1. The molecule has 0 spiro atoms. The molecule has 0 saturated carbocycles. The zero-order valence-electron chi connectivity index (χ0n) is 16.7. The van der Waals surface area contributed by atoms with Crippen molar-refractivity contribution in [3.63, 3.8) is 0 Å². The zero-order chi connectivity index (χ0) is 21.6. The van der Waals surface area contributed by atoms with Crippen LogP contribution in [0.3, 0.4) is 0 Å². The molecule has 158 valence electrons. The van der Waals surface area contributed by atoms with Gasteiger partial charge >= 0.3 is 5.97 Å². The van der Waals surface area contributed by atoms with E-state index in [1.807, 2.05) is 24.3 Å². The molecule has 1 aromatic heterocycles. The number of H-pyrrole nitrogens is 1. The Morgan fingerprint density at radius 3 is 2.77 bits per heavy atom. The Bertz CT molecular complexity index is 1100. The van der Waals surface area contributed by atoms with Crippen molar-refractivity contribution >= 4 is 22.6 Å². The van der Waals surface area contributed by atoms with Crippen molar-refractivity contribution < 1.29 is 24.1 Å². The number of imidazole rings is 1. The average Bonchev–Trinajstić information content (AvgIpc) is 3.46. The van der Waals surface area contributed by atoms with Gasteiger partial charge in [-0.2, -0.15) is 5.26 Å². The summed E-state index contributed by atoms with van der Waals surface area (Å²) < 4.78 is 16.3. The number of aromatic nitrogens is 2. The van der Waals surface area contributed by atoms with Gasteiger partial charge in [-0.1, -0.05) is 12.1 Å². The van der Waals surface area contributed by atoms with E-state index in [0.29, 0.717) is 23.4 Å². The topological polar surface area (TPSA) is 117 Å². The number of aliphatic hydroxyl groups is 1. The first-order chi connectivity index (χ1) is 15.1. The lowest BCUT2D eigenvalue weighted by molar-refractivity contribution is 0.0502. The van der Waals surface area contributed by atoms with Crippen LogP contribution < -0.4 is 4.74 Å². The summed E-state index contributed by atoms with van der Waals surface area (Å²) in [6.45, 7) is 0.793. The van der Waals surface area contributed by atoms with Gasteiger partial charge in [-0.25, -0.2) is 9.78 Å². The highest BCUT2D eigenvalue weighted by molar-refractivity contribution is 5.90. The third-order valence-electron chi connectivity index (χ3n) is 4.92. The van der Waals surface area contributed by atoms with Crippen molar-refractivity contribution in [3.05, 3.63) is 65.7 Å². The molecule has 0 bridgehead atoms. The monoisotopic (exact) mass is 419 g/mol. The lowest BCUT2D eigenvalue weighted by Gasteiger charge is -2.11. The molecule has 8 nitrogen and oxygen atoms in total. The number of benzene rings is 2. The van der Waals surface area contributed by atoms with Gasteiger partial charge in [0.05, 0.1) is 22.7 Å². The van der Waals surface area contributed by atoms with E-state index in [-0.39, 0.29) is 23.3 Å². The number of para-hydroxylation sites is 2. The first-order valence-corrected chi connectivity index (χ1v) is 9.93. The minimum Gasteiger partial charge on any atom is -0.507 e. The Labute approximate surface area is 178 Å². The summed E-state index contributed by atoms with van der Waals surface area (Å²) in [4.78, 5) is 19.5. The highest BCUT2D eigenvalue weighted by Crippen LogP contribution is 2.20. The molecule has 31 heavy (non-hydrogen) atoms. The van der Waals surface area contributed by atoms with Gasteiger partial charge in [0.25, 0.3) is 0 Å². The van der Waals surface area contributed by atoms with Crippen LogP contribution in [0.15, 0.2) is 54.3 Å². The molecule has 1 fully saturated rings. The second-order valence-electron chi connectivity index (χ2n) is 7.08. The molecule has 1 saturated heterocycles. The van der Waals surface area contributed by atoms with E-state index in [1.165, 1.54) is 0 Å². The molecule has 0 radical (unpaired) electrons. The molecule has 1 atom stereocenters. The summed E-state index contributed by atoms with van der Waals surface area (Å²) in [5, 5.41) is 19.7. The lowest BCUT2D eigenvalue weighted by Crippen LogP contribution is -2.16. The van der Waals surface area contributed by atoms with E-state index in [4.69, 9.17) is 14.2 Å². The fraction of sp³-hybridized carbons (Fsp3) is 0.261. The van der Waals surface area contributed by atoms with Crippen molar-refractivity contribution in [1.82, 2.24) is 9.97 Å². The summed E-state index contributed by atoms with van der Waals surface area (Å²) in [5.41, 5.74) is 1.62. The Morgan fingerprint density at radius 2 is 2.06 bits per heavy atom. The van der Waals surface area contributed by atoms with Gasteiger partial charge in [0.15, 0.2) is 11.6 Å². The molecule has 0 amide bonds. The summed E-state index contributed by atoms with van der Waals surface area (Å²) in [6.07, 6.45) is 2.14. The SMILES string of the molecule is N#C/C(=C(\O)COC(=O)c1ccc(OCC2CCCO2)cc1)c1nc2ccccc2[nH]1. The summed E-state index contributed by atoms with van der Waals surface area (Å²) in [5.74, 6) is -0.165. The molecule has 0 aliphatic carbocycles. The predicted molar refractivity (Wildman–Crippen MR) is 112 cm³/mol. The molecule has 8 heteroatoms. The highest BCUT2D eigenvalue weighted by atomic mass is 16.5. The van der Waals surface area contributed by atoms with Gasteiger partial charge in [-0.15, -0.1) is 0 Å². The quantitative estimate of drug-likeness (QED) is 0.340. The molecule has 2 aromatic carbocycles. The smallest absolute Gasteiger partial charge is 0.338 e. The van der Waals surface area contributed by atoms with E-state index >= 15 is 0 Å². The van der Waals surface area contributed by atoms with Crippen LogP contribution in [-0.2, 0) is 9.47 Å².